The van der Waals surface area contributed by atoms with Crippen molar-refractivity contribution in [2.24, 2.45) is 0 Å². The molecule has 156 valence electrons. The molecule has 1 fully saturated rings. The van der Waals surface area contributed by atoms with E-state index in [4.69, 9.17) is 0 Å². The van der Waals surface area contributed by atoms with Crippen molar-refractivity contribution in [3.05, 3.63) is 36.4 Å². The Kier molecular flexibility index (Phi) is 6.19. The van der Waals surface area contributed by atoms with Crippen LogP contribution in [-0.4, -0.2) is 34.3 Å². The number of carbonyl (C=O) groups is 1. The van der Waals surface area contributed by atoms with Gasteiger partial charge in [-0.25, -0.2) is 14.4 Å². The zero-order chi connectivity index (χ0) is 21.0. The molecule has 0 radical (unpaired) electrons. The van der Waals surface area contributed by atoms with Crippen molar-refractivity contribution in [3.8, 4) is 17.0 Å². The lowest BCUT2D eigenvalue weighted by Gasteiger charge is -2.29. The topological polar surface area (TPSA) is 76.1 Å². The third kappa shape index (κ3) is 6.03. The van der Waals surface area contributed by atoms with Gasteiger partial charge >= 0.3 is 6.36 Å². The highest BCUT2D eigenvalue weighted by Crippen LogP contribution is 2.30. The normalized spacial score (nSPS) is 19.5. The van der Waals surface area contributed by atoms with Crippen molar-refractivity contribution in [1.29, 1.82) is 0 Å². The second kappa shape index (κ2) is 8.62. The van der Waals surface area contributed by atoms with E-state index in [0.717, 1.165) is 37.8 Å². The second-order valence-electron chi connectivity index (χ2n) is 6.87. The Morgan fingerprint density at radius 1 is 1.10 bits per heavy atom. The Morgan fingerprint density at radius 3 is 2.41 bits per heavy atom. The standard InChI is InChI=1S/C19H20F4N4O2/c1-11(28)26-13-3-5-14(6-4-13)27-18-9-16(24-10-25-18)12-2-7-17(15(20)8-12)29-19(21,22)23/h2,7-10,13-14H,3-6H2,1H3,(H,26,28)(H,24,25,27)/t13-,14+. The van der Waals surface area contributed by atoms with Crippen molar-refractivity contribution >= 4 is 11.7 Å². The van der Waals surface area contributed by atoms with Crippen molar-refractivity contribution < 1.29 is 27.1 Å². The molecule has 29 heavy (non-hydrogen) atoms. The minimum atomic E-state index is -4.96. The van der Waals surface area contributed by atoms with Crippen LogP contribution in [0.1, 0.15) is 32.6 Å². The number of halogens is 4. The van der Waals surface area contributed by atoms with Crippen LogP contribution in [0.2, 0.25) is 0 Å². The smallest absolute Gasteiger partial charge is 0.403 e. The van der Waals surface area contributed by atoms with Crippen molar-refractivity contribution in [3.63, 3.8) is 0 Å². The maximum absolute atomic E-state index is 14.0. The van der Waals surface area contributed by atoms with Crippen LogP contribution >= 0.6 is 0 Å². The third-order valence-corrected chi connectivity index (χ3v) is 4.61. The molecule has 1 aromatic carbocycles. The van der Waals surface area contributed by atoms with Gasteiger partial charge in [0.2, 0.25) is 5.91 Å². The Labute approximate surface area is 164 Å². The highest BCUT2D eigenvalue weighted by atomic mass is 19.4. The molecule has 6 nitrogen and oxygen atoms in total. The molecule has 2 N–H and O–H groups in total. The number of hydrogen-bond donors (Lipinski definition) is 2. The average molecular weight is 412 g/mol. The summed E-state index contributed by atoms with van der Waals surface area (Å²) < 4.78 is 54.4. The number of carbonyl (C=O) groups excluding carboxylic acids is 1. The number of hydrogen-bond acceptors (Lipinski definition) is 5. The van der Waals surface area contributed by atoms with Gasteiger partial charge in [-0.15, -0.1) is 13.2 Å². The average Bonchev–Trinajstić information content (AvgIpc) is 2.64. The number of amides is 1. The van der Waals surface area contributed by atoms with E-state index in [1.54, 1.807) is 6.07 Å². The fourth-order valence-corrected chi connectivity index (χ4v) is 3.34. The van der Waals surface area contributed by atoms with Crippen LogP contribution in [0.3, 0.4) is 0 Å². The maximum Gasteiger partial charge on any atom is 0.573 e. The van der Waals surface area contributed by atoms with Gasteiger partial charge in [-0.3, -0.25) is 4.79 Å². The number of nitrogens with one attached hydrogen (secondary N) is 2. The summed E-state index contributed by atoms with van der Waals surface area (Å²) in [6.45, 7) is 1.50. The predicted octanol–water partition coefficient (Wildman–Crippen LogP) is 4.04. The van der Waals surface area contributed by atoms with Crippen molar-refractivity contribution in [1.82, 2.24) is 15.3 Å². The quantitative estimate of drug-likeness (QED) is 0.725. The molecule has 0 aliphatic heterocycles. The van der Waals surface area contributed by atoms with E-state index in [9.17, 15) is 22.4 Å². The molecule has 1 saturated carbocycles. The van der Waals surface area contributed by atoms with Crippen LogP contribution < -0.4 is 15.4 Å². The minimum absolute atomic E-state index is 0.0410. The Bertz CT molecular complexity index is 868. The molecular formula is C19H20F4N4O2. The lowest BCUT2D eigenvalue weighted by atomic mass is 9.91. The first kappa shape index (κ1) is 20.8. The second-order valence-corrected chi connectivity index (χ2v) is 6.87. The van der Waals surface area contributed by atoms with E-state index < -0.39 is 17.9 Å². The van der Waals surface area contributed by atoms with Gasteiger partial charge in [0.25, 0.3) is 0 Å². The van der Waals surface area contributed by atoms with Crippen LogP contribution in [0.15, 0.2) is 30.6 Å². The van der Waals surface area contributed by atoms with Crippen LogP contribution in [0.4, 0.5) is 23.4 Å². The predicted molar refractivity (Wildman–Crippen MR) is 97.6 cm³/mol. The summed E-state index contributed by atoms with van der Waals surface area (Å²) in [5.74, 6) is -1.54. The van der Waals surface area contributed by atoms with Gasteiger partial charge in [0.05, 0.1) is 5.69 Å². The van der Waals surface area contributed by atoms with Crippen LogP contribution in [0, 0.1) is 5.82 Å². The van der Waals surface area contributed by atoms with Crippen LogP contribution in [-0.2, 0) is 4.79 Å². The molecule has 0 atom stereocenters. The first-order valence-electron chi connectivity index (χ1n) is 9.11. The van der Waals surface area contributed by atoms with Crippen LogP contribution in [0.25, 0.3) is 11.3 Å². The molecule has 3 rings (SSSR count). The number of rotatable bonds is 5. The van der Waals surface area contributed by atoms with Gasteiger partial charge < -0.3 is 15.4 Å². The molecule has 0 bridgehead atoms. The van der Waals surface area contributed by atoms with E-state index in [0.29, 0.717) is 17.1 Å². The van der Waals surface area contributed by atoms with Gasteiger partial charge in [0.15, 0.2) is 11.6 Å². The maximum atomic E-state index is 14.0. The number of alkyl halides is 3. The zero-order valence-corrected chi connectivity index (χ0v) is 15.6. The molecule has 1 amide bonds. The van der Waals surface area contributed by atoms with Crippen LogP contribution in [0.5, 0.6) is 5.75 Å². The molecule has 0 unspecified atom stereocenters. The number of aromatic nitrogens is 2. The van der Waals surface area contributed by atoms with Crippen molar-refractivity contribution in [2.75, 3.05) is 5.32 Å². The fourth-order valence-electron chi connectivity index (χ4n) is 3.34. The molecule has 1 heterocycles. The van der Waals surface area contributed by atoms with E-state index in [1.165, 1.54) is 19.3 Å². The minimum Gasteiger partial charge on any atom is -0.403 e. The number of nitrogens with zero attached hydrogens (tertiary/aromatic N) is 2. The monoisotopic (exact) mass is 412 g/mol. The lowest BCUT2D eigenvalue weighted by molar-refractivity contribution is -0.275. The highest BCUT2D eigenvalue weighted by molar-refractivity contribution is 5.73. The SMILES string of the molecule is CC(=O)N[C@H]1CC[C@@H](Nc2cc(-c3ccc(OC(F)(F)F)c(F)c3)ncn2)CC1. The van der Waals surface area contributed by atoms with Gasteiger partial charge in [-0.2, -0.15) is 0 Å². The van der Waals surface area contributed by atoms with Crippen molar-refractivity contribution in [2.45, 2.75) is 51.1 Å². The summed E-state index contributed by atoms with van der Waals surface area (Å²) in [6, 6.07) is 5.10. The molecule has 2 aromatic rings. The van der Waals surface area contributed by atoms with E-state index >= 15 is 0 Å². The van der Waals surface area contributed by atoms with Gasteiger partial charge in [0, 0.05) is 30.6 Å². The number of benzene rings is 1. The van der Waals surface area contributed by atoms with Gasteiger partial charge in [-0.05, 0) is 43.9 Å². The Hall–Kier alpha value is -2.91. The lowest BCUT2D eigenvalue weighted by Crippen LogP contribution is -2.39. The summed E-state index contributed by atoms with van der Waals surface area (Å²) in [7, 11) is 0. The molecule has 1 aliphatic rings. The van der Waals surface area contributed by atoms with Gasteiger partial charge in [-0.1, -0.05) is 0 Å². The summed E-state index contributed by atoms with van der Waals surface area (Å²) in [4.78, 5) is 19.4. The molecular weight excluding hydrogens is 392 g/mol. The number of ether oxygens (including phenoxy) is 1. The Morgan fingerprint density at radius 2 is 1.79 bits per heavy atom. The first-order chi connectivity index (χ1) is 13.7. The third-order valence-electron chi connectivity index (χ3n) is 4.61. The summed E-state index contributed by atoms with van der Waals surface area (Å²) in [6.07, 6.45) is -0.265. The van der Waals surface area contributed by atoms with E-state index in [-0.39, 0.29) is 18.0 Å². The molecule has 0 saturated heterocycles. The molecule has 1 aliphatic carbocycles. The summed E-state index contributed by atoms with van der Waals surface area (Å²) in [5, 5.41) is 6.20. The zero-order valence-electron chi connectivity index (χ0n) is 15.6. The summed E-state index contributed by atoms with van der Waals surface area (Å²) >= 11 is 0. The molecule has 10 heteroatoms. The Balaban J connectivity index is 1.66. The molecule has 1 aromatic heterocycles. The summed E-state index contributed by atoms with van der Waals surface area (Å²) in [5.41, 5.74) is 0.670. The first-order valence-corrected chi connectivity index (χ1v) is 9.11. The fraction of sp³-hybridized carbons (Fsp3) is 0.421. The van der Waals surface area contributed by atoms with E-state index in [1.807, 2.05) is 0 Å². The largest absolute Gasteiger partial charge is 0.573 e. The van der Waals surface area contributed by atoms with E-state index in [2.05, 4.69) is 25.3 Å². The molecule has 0 spiro atoms. The number of anilines is 1. The highest BCUT2D eigenvalue weighted by Gasteiger charge is 2.32. The van der Waals surface area contributed by atoms with Gasteiger partial charge in [0.1, 0.15) is 12.1 Å².